The number of nitrogens with zero attached hydrogens (tertiary/aromatic N) is 2. The number of ether oxygens (including phenoxy) is 1. The van der Waals surface area contributed by atoms with Crippen LogP contribution in [-0.4, -0.2) is 36.1 Å². The van der Waals surface area contributed by atoms with Crippen LogP contribution in [0.4, 0.5) is 0 Å². The van der Waals surface area contributed by atoms with Crippen molar-refractivity contribution in [1.82, 2.24) is 15.1 Å². The van der Waals surface area contributed by atoms with Crippen LogP contribution in [-0.2, 0) is 4.74 Å². The van der Waals surface area contributed by atoms with Crippen LogP contribution in [0.25, 0.3) is 0 Å². The summed E-state index contributed by atoms with van der Waals surface area (Å²) in [5.41, 5.74) is 0. The summed E-state index contributed by atoms with van der Waals surface area (Å²) in [6, 6.07) is 0.374. The summed E-state index contributed by atoms with van der Waals surface area (Å²) >= 11 is 3.39. The minimum absolute atomic E-state index is 0.374. The molecular weight excluding hydrogens is 270 g/mol. The molecule has 0 aliphatic carbocycles. The number of halogens is 1. The first-order chi connectivity index (χ1) is 7.74. The van der Waals surface area contributed by atoms with E-state index < -0.39 is 0 Å². The Morgan fingerprint density at radius 3 is 3.06 bits per heavy atom. The molecule has 16 heavy (non-hydrogen) atoms. The third kappa shape index (κ3) is 5.09. The highest BCUT2D eigenvalue weighted by Gasteiger charge is 2.04. The van der Waals surface area contributed by atoms with Gasteiger partial charge in [0.15, 0.2) is 0 Å². The Morgan fingerprint density at radius 1 is 1.62 bits per heavy atom. The fourth-order valence-corrected chi connectivity index (χ4v) is 1.71. The van der Waals surface area contributed by atoms with Gasteiger partial charge in [-0.2, -0.15) is 5.10 Å². The van der Waals surface area contributed by atoms with Gasteiger partial charge in [0.05, 0.1) is 16.7 Å². The first kappa shape index (κ1) is 13.7. The van der Waals surface area contributed by atoms with Crippen molar-refractivity contribution in [1.29, 1.82) is 0 Å². The van der Waals surface area contributed by atoms with E-state index in [0.29, 0.717) is 6.04 Å². The van der Waals surface area contributed by atoms with Crippen molar-refractivity contribution in [3.63, 3.8) is 0 Å². The second-order valence-corrected chi connectivity index (χ2v) is 4.66. The number of hydrogen-bond acceptors (Lipinski definition) is 3. The minimum atomic E-state index is 0.374. The average Bonchev–Trinajstić information content (AvgIpc) is 2.70. The minimum Gasteiger partial charge on any atom is -0.382 e. The number of rotatable bonds is 8. The van der Waals surface area contributed by atoms with Crippen LogP contribution < -0.4 is 5.32 Å². The van der Waals surface area contributed by atoms with Crippen molar-refractivity contribution in [2.24, 2.45) is 0 Å². The second-order valence-electron chi connectivity index (χ2n) is 3.74. The monoisotopic (exact) mass is 289 g/mol. The predicted octanol–water partition coefficient (Wildman–Crippen LogP) is 2.22. The molecule has 0 aliphatic rings. The topological polar surface area (TPSA) is 39.1 Å². The summed E-state index contributed by atoms with van der Waals surface area (Å²) in [6.07, 6.45) is 4.86. The molecule has 0 radical (unpaired) electrons. The molecule has 0 aliphatic heterocycles. The smallest absolute Gasteiger partial charge is 0.0632 e. The van der Waals surface area contributed by atoms with E-state index >= 15 is 0 Å². The fraction of sp³-hybridized carbons (Fsp3) is 0.727. The van der Waals surface area contributed by atoms with Crippen molar-refractivity contribution >= 4 is 15.9 Å². The molecule has 4 nitrogen and oxygen atoms in total. The Hall–Kier alpha value is -0.390. The van der Waals surface area contributed by atoms with Crippen LogP contribution in [0.1, 0.15) is 26.3 Å². The summed E-state index contributed by atoms with van der Waals surface area (Å²) in [5.74, 6) is 0. The van der Waals surface area contributed by atoms with E-state index in [0.717, 1.165) is 37.2 Å². The zero-order valence-electron chi connectivity index (χ0n) is 9.95. The summed E-state index contributed by atoms with van der Waals surface area (Å²) in [5, 5.41) is 7.64. The highest BCUT2D eigenvalue weighted by Crippen LogP contribution is 2.10. The lowest BCUT2D eigenvalue weighted by Crippen LogP contribution is -2.25. The molecule has 1 N–H and O–H groups in total. The highest BCUT2D eigenvalue weighted by atomic mass is 79.9. The Labute approximate surface area is 105 Å². The average molecular weight is 290 g/mol. The molecule has 0 saturated carbocycles. The molecule has 0 bridgehead atoms. The van der Waals surface area contributed by atoms with E-state index in [4.69, 9.17) is 4.74 Å². The Bertz CT molecular complexity index is 291. The maximum atomic E-state index is 5.26. The normalized spacial score (nSPS) is 12.9. The molecule has 5 heteroatoms. The molecular formula is C11H20BrN3O. The number of aromatic nitrogens is 2. The summed E-state index contributed by atoms with van der Waals surface area (Å²) in [6.45, 7) is 7.73. The highest BCUT2D eigenvalue weighted by molar-refractivity contribution is 9.10. The van der Waals surface area contributed by atoms with E-state index in [1.807, 2.05) is 24.0 Å². The molecule has 92 valence electrons. The summed E-state index contributed by atoms with van der Waals surface area (Å²) in [7, 11) is 0. The molecule has 0 amide bonds. The lowest BCUT2D eigenvalue weighted by Gasteiger charge is -2.13. The molecule has 1 heterocycles. The van der Waals surface area contributed by atoms with Gasteiger partial charge >= 0.3 is 0 Å². The zero-order valence-corrected chi connectivity index (χ0v) is 11.5. The van der Waals surface area contributed by atoms with Crippen molar-refractivity contribution in [3.8, 4) is 0 Å². The predicted molar refractivity (Wildman–Crippen MR) is 68.6 cm³/mol. The third-order valence-corrected chi connectivity index (χ3v) is 2.72. The van der Waals surface area contributed by atoms with Crippen LogP contribution in [0, 0.1) is 0 Å². The summed E-state index contributed by atoms with van der Waals surface area (Å²) in [4.78, 5) is 0. The second kappa shape index (κ2) is 7.81. The molecule has 1 aromatic heterocycles. The first-order valence-electron chi connectivity index (χ1n) is 5.72. The first-order valence-corrected chi connectivity index (χ1v) is 6.51. The molecule has 1 aromatic rings. The maximum Gasteiger partial charge on any atom is 0.0632 e. The van der Waals surface area contributed by atoms with Crippen LogP contribution in [0.15, 0.2) is 16.9 Å². The zero-order chi connectivity index (χ0) is 11.8. The van der Waals surface area contributed by atoms with Crippen LogP contribution in [0.3, 0.4) is 0 Å². The van der Waals surface area contributed by atoms with Gasteiger partial charge in [0.2, 0.25) is 0 Å². The van der Waals surface area contributed by atoms with Gasteiger partial charge in [0.25, 0.3) is 0 Å². The molecule has 0 spiro atoms. The van der Waals surface area contributed by atoms with Crippen LogP contribution in [0.2, 0.25) is 0 Å². The van der Waals surface area contributed by atoms with Gasteiger partial charge in [-0.15, -0.1) is 0 Å². The van der Waals surface area contributed by atoms with Gasteiger partial charge in [0.1, 0.15) is 0 Å². The van der Waals surface area contributed by atoms with E-state index in [-0.39, 0.29) is 0 Å². The van der Waals surface area contributed by atoms with Gasteiger partial charge in [-0.1, -0.05) is 0 Å². The van der Waals surface area contributed by atoms with Gasteiger partial charge in [-0.25, -0.2) is 0 Å². The van der Waals surface area contributed by atoms with Gasteiger partial charge in [0, 0.05) is 26.0 Å². The van der Waals surface area contributed by atoms with Crippen molar-refractivity contribution in [2.45, 2.75) is 26.3 Å². The Morgan fingerprint density at radius 2 is 2.44 bits per heavy atom. The number of nitrogens with one attached hydrogen (secondary N) is 1. The van der Waals surface area contributed by atoms with E-state index in [2.05, 4.69) is 33.3 Å². The maximum absolute atomic E-state index is 5.26. The molecule has 0 fully saturated rings. The Kier molecular flexibility index (Phi) is 6.68. The Balaban J connectivity index is 2.09. The molecule has 1 unspecified atom stereocenters. The van der Waals surface area contributed by atoms with Gasteiger partial charge in [-0.05, 0) is 42.7 Å². The number of hydrogen-bond donors (Lipinski definition) is 1. The van der Waals surface area contributed by atoms with Gasteiger partial charge < -0.3 is 10.1 Å². The quantitative estimate of drug-likeness (QED) is 0.746. The largest absolute Gasteiger partial charge is 0.382 e. The molecule has 1 rings (SSSR count). The molecule has 1 atom stereocenters. The fourth-order valence-electron chi connectivity index (χ4n) is 1.40. The van der Waals surface area contributed by atoms with Crippen LogP contribution in [0.5, 0.6) is 0 Å². The standard InChI is InChI=1S/C11H20BrN3O/c1-3-16-6-4-5-13-7-10(2)15-9-11(12)8-14-15/h8-10,13H,3-7H2,1-2H3. The summed E-state index contributed by atoms with van der Waals surface area (Å²) < 4.78 is 8.25. The SMILES string of the molecule is CCOCCCNCC(C)n1cc(Br)cn1. The lowest BCUT2D eigenvalue weighted by molar-refractivity contribution is 0.144. The van der Waals surface area contributed by atoms with Crippen molar-refractivity contribution < 1.29 is 4.74 Å². The van der Waals surface area contributed by atoms with E-state index in [1.165, 1.54) is 0 Å². The van der Waals surface area contributed by atoms with Crippen molar-refractivity contribution in [2.75, 3.05) is 26.3 Å². The lowest BCUT2D eigenvalue weighted by atomic mass is 10.3. The van der Waals surface area contributed by atoms with E-state index in [1.54, 1.807) is 0 Å². The molecule has 0 saturated heterocycles. The van der Waals surface area contributed by atoms with E-state index in [9.17, 15) is 0 Å². The van der Waals surface area contributed by atoms with Gasteiger partial charge in [-0.3, -0.25) is 4.68 Å². The third-order valence-electron chi connectivity index (χ3n) is 2.31. The van der Waals surface area contributed by atoms with Crippen LogP contribution >= 0.6 is 15.9 Å². The molecule has 0 aromatic carbocycles. The van der Waals surface area contributed by atoms with Crippen molar-refractivity contribution in [3.05, 3.63) is 16.9 Å².